The molecular weight excluding hydrogens is 226 g/mol. The zero-order chi connectivity index (χ0) is 13.2. The number of rotatable bonds is 6. The molecule has 0 bridgehead atoms. The predicted molar refractivity (Wildman–Crippen MR) is 71.9 cm³/mol. The Morgan fingerprint density at radius 2 is 2.11 bits per heavy atom. The van der Waals surface area contributed by atoms with Gasteiger partial charge < -0.3 is 4.74 Å². The molecule has 1 aromatic rings. The van der Waals surface area contributed by atoms with E-state index in [4.69, 9.17) is 4.74 Å². The van der Waals surface area contributed by atoms with Crippen molar-refractivity contribution >= 4 is 5.97 Å². The second-order valence-electron chi connectivity index (χ2n) is 3.73. The van der Waals surface area contributed by atoms with Crippen molar-refractivity contribution in [1.29, 1.82) is 0 Å². The van der Waals surface area contributed by atoms with Crippen LogP contribution in [0.25, 0.3) is 0 Å². The van der Waals surface area contributed by atoms with Gasteiger partial charge in [-0.25, -0.2) is 4.79 Å². The molecular formula is C15H19NO2. The Bertz CT molecular complexity index is 417. The van der Waals surface area contributed by atoms with Gasteiger partial charge in [-0.05, 0) is 19.4 Å². The molecule has 18 heavy (non-hydrogen) atoms. The molecule has 3 heteroatoms. The molecule has 0 aliphatic rings. The van der Waals surface area contributed by atoms with Gasteiger partial charge in [-0.1, -0.05) is 30.3 Å². The molecule has 0 radical (unpaired) electrons. The fourth-order valence-electron chi connectivity index (χ4n) is 1.61. The highest BCUT2D eigenvalue weighted by Crippen LogP contribution is 2.14. The van der Waals surface area contributed by atoms with Crippen molar-refractivity contribution in [3.63, 3.8) is 0 Å². The first-order valence-electron chi connectivity index (χ1n) is 6.14. The summed E-state index contributed by atoms with van der Waals surface area (Å²) in [4.78, 5) is 11.9. The first kappa shape index (κ1) is 14.3. The molecule has 0 saturated heterocycles. The van der Waals surface area contributed by atoms with Crippen molar-refractivity contribution < 1.29 is 9.53 Å². The van der Waals surface area contributed by atoms with E-state index >= 15 is 0 Å². The largest absolute Gasteiger partial charge is 0.465 e. The second-order valence-corrected chi connectivity index (χ2v) is 3.73. The zero-order valence-electron chi connectivity index (χ0n) is 10.9. The van der Waals surface area contributed by atoms with Crippen LogP contribution in [-0.4, -0.2) is 19.1 Å². The van der Waals surface area contributed by atoms with Crippen molar-refractivity contribution in [3.8, 4) is 11.8 Å². The maximum atomic E-state index is 11.9. The molecule has 0 amide bonds. The molecule has 0 fully saturated rings. The quantitative estimate of drug-likeness (QED) is 0.475. The van der Waals surface area contributed by atoms with Gasteiger partial charge in [0.25, 0.3) is 0 Å². The molecule has 0 aromatic heterocycles. The first-order chi connectivity index (χ1) is 8.79. The Hall–Kier alpha value is -1.79. The van der Waals surface area contributed by atoms with Gasteiger partial charge in [0.2, 0.25) is 0 Å². The summed E-state index contributed by atoms with van der Waals surface area (Å²) in [6.45, 7) is 4.67. The minimum Gasteiger partial charge on any atom is -0.465 e. The lowest BCUT2D eigenvalue weighted by atomic mass is 10.1. The van der Waals surface area contributed by atoms with Crippen LogP contribution in [0, 0.1) is 11.8 Å². The van der Waals surface area contributed by atoms with Gasteiger partial charge in [0.1, 0.15) is 6.04 Å². The van der Waals surface area contributed by atoms with Crippen LogP contribution in [0.1, 0.15) is 31.9 Å². The number of carbonyl (C=O) groups excluding carboxylic acids is 1. The topological polar surface area (TPSA) is 38.3 Å². The molecule has 1 atom stereocenters. The predicted octanol–water partition coefficient (Wildman–Crippen LogP) is 2.29. The van der Waals surface area contributed by atoms with Crippen LogP contribution in [0.3, 0.4) is 0 Å². The van der Waals surface area contributed by atoms with E-state index in [0.717, 1.165) is 12.0 Å². The number of hydrogen-bond donors (Lipinski definition) is 1. The van der Waals surface area contributed by atoms with E-state index in [-0.39, 0.29) is 5.97 Å². The fourth-order valence-corrected chi connectivity index (χ4v) is 1.61. The van der Waals surface area contributed by atoms with Gasteiger partial charge in [-0.15, -0.1) is 11.8 Å². The summed E-state index contributed by atoms with van der Waals surface area (Å²) in [6, 6.07) is 9.17. The van der Waals surface area contributed by atoms with Crippen LogP contribution in [0.15, 0.2) is 30.3 Å². The number of nitrogens with one attached hydrogen (secondary N) is 1. The molecule has 96 valence electrons. The van der Waals surface area contributed by atoms with Gasteiger partial charge in [-0.2, -0.15) is 0 Å². The van der Waals surface area contributed by atoms with Crippen molar-refractivity contribution in [2.75, 3.05) is 13.2 Å². The Morgan fingerprint density at radius 3 is 2.72 bits per heavy atom. The SMILES string of the molecule is CC#CCCNC(C(=O)OCC)c1ccccc1. The van der Waals surface area contributed by atoms with Gasteiger partial charge in [0.15, 0.2) is 0 Å². The highest BCUT2D eigenvalue weighted by molar-refractivity contribution is 5.77. The number of hydrogen-bond acceptors (Lipinski definition) is 3. The molecule has 0 saturated carbocycles. The van der Waals surface area contributed by atoms with E-state index in [2.05, 4.69) is 17.2 Å². The molecule has 0 heterocycles. The van der Waals surface area contributed by atoms with Crippen LogP contribution in [-0.2, 0) is 9.53 Å². The Kier molecular flexibility index (Phi) is 6.60. The molecule has 1 N–H and O–H groups in total. The third-order valence-corrected chi connectivity index (χ3v) is 2.43. The summed E-state index contributed by atoms with van der Waals surface area (Å²) in [5, 5.41) is 3.18. The minimum atomic E-state index is -0.412. The average Bonchev–Trinajstić information content (AvgIpc) is 2.40. The van der Waals surface area contributed by atoms with Crippen molar-refractivity contribution in [2.24, 2.45) is 0 Å². The second kappa shape index (κ2) is 8.32. The summed E-state index contributed by atoms with van der Waals surface area (Å²) in [7, 11) is 0. The van der Waals surface area contributed by atoms with Crippen LogP contribution in [0.4, 0.5) is 0 Å². The van der Waals surface area contributed by atoms with E-state index < -0.39 is 6.04 Å². The molecule has 0 aliphatic carbocycles. The molecule has 3 nitrogen and oxygen atoms in total. The van der Waals surface area contributed by atoms with Crippen molar-refractivity contribution in [1.82, 2.24) is 5.32 Å². The Labute approximate surface area is 109 Å². The zero-order valence-corrected chi connectivity index (χ0v) is 10.9. The van der Waals surface area contributed by atoms with E-state index in [1.54, 1.807) is 6.92 Å². The lowest BCUT2D eigenvalue weighted by Crippen LogP contribution is -2.30. The summed E-state index contributed by atoms with van der Waals surface area (Å²) in [5.41, 5.74) is 0.917. The third kappa shape index (κ3) is 4.60. The van der Waals surface area contributed by atoms with E-state index in [1.165, 1.54) is 0 Å². The van der Waals surface area contributed by atoms with Crippen LogP contribution < -0.4 is 5.32 Å². The number of benzene rings is 1. The van der Waals surface area contributed by atoms with Gasteiger partial charge in [0, 0.05) is 13.0 Å². The van der Waals surface area contributed by atoms with Crippen molar-refractivity contribution in [2.45, 2.75) is 26.3 Å². The van der Waals surface area contributed by atoms with Gasteiger partial charge in [-0.3, -0.25) is 5.32 Å². The lowest BCUT2D eigenvalue weighted by molar-refractivity contribution is -0.145. The summed E-state index contributed by atoms with van der Waals surface area (Å²) < 4.78 is 5.08. The monoisotopic (exact) mass is 245 g/mol. The number of ether oxygens (including phenoxy) is 1. The first-order valence-corrected chi connectivity index (χ1v) is 6.14. The summed E-state index contributed by atoms with van der Waals surface area (Å²) in [6.07, 6.45) is 0.721. The van der Waals surface area contributed by atoms with Gasteiger partial charge >= 0.3 is 5.97 Å². The maximum Gasteiger partial charge on any atom is 0.327 e. The molecule has 0 spiro atoms. The van der Waals surface area contributed by atoms with Crippen molar-refractivity contribution in [3.05, 3.63) is 35.9 Å². The minimum absolute atomic E-state index is 0.242. The lowest BCUT2D eigenvalue weighted by Gasteiger charge is -2.16. The molecule has 1 rings (SSSR count). The highest BCUT2D eigenvalue weighted by Gasteiger charge is 2.20. The maximum absolute atomic E-state index is 11.9. The summed E-state index contributed by atoms with van der Waals surface area (Å²) in [5.74, 6) is 5.55. The number of carbonyl (C=O) groups is 1. The average molecular weight is 245 g/mol. The fraction of sp³-hybridized carbons (Fsp3) is 0.400. The normalized spacial score (nSPS) is 11.2. The van der Waals surface area contributed by atoms with E-state index in [9.17, 15) is 4.79 Å². The number of esters is 1. The molecule has 1 unspecified atom stereocenters. The standard InChI is InChI=1S/C15H19NO2/c1-3-5-9-12-16-14(15(17)18-4-2)13-10-7-6-8-11-13/h6-8,10-11,14,16H,4,9,12H2,1-2H3. The van der Waals surface area contributed by atoms with Crippen LogP contribution >= 0.6 is 0 Å². The van der Waals surface area contributed by atoms with E-state index in [0.29, 0.717) is 13.2 Å². The van der Waals surface area contributed by atoms with E-state index in [1.807, 2.05) is 37.3 Å². The van der Waals surface area contributed by atoms with Crippen LogP contribution in [0.5, 0.6) is 0 Å². The highest BCUT2D eigenvalue weighted by atomic mass is 16.5. The van der Waals surface area contributed by atoms with Crippen LogP contribution in [0.2, 0.25) is 0 Å². The smallest absolute Gasteiger partial charge is 0.327 e. The van der Waals surface area contributed by atoms with Gasteiger partial charge in [0.05, 0.1) is 6.61 Å². The molecule has 1 aromatic carbocycles. The Balaban J connectivity index is 2.68. The summed E-state index contributed by atoms with van der Waals surface area (Å²) >= 11 is 0. The Morgan fingerprint density at radius 1 is 1.39 bits per heavy atom. The third-order valence-electron chi connectivity index (χ3n) is 2.43. The molecule has 0 aliphatic heterocycles.